The van der Waals surface area contributed by atoms with Gasteiger partial charge in [0.1, 0.15) is 12.1 Å². The maximum absolute atomic E-state index is 5.44. The Balaban J connectivity index is 1.72. The minimum Gasteiger partial charge on any atom is -0.497 e. The van der Waals surface area contributed by atoms with Gasteiger partial charge in [-0.25, -0.2) is 4.68 Å². The van der Waals surface area contributed by atoms with Gasteiger partial charge in [0.05, 0.1) is 13.8 Å². The molecule has 0 saturated carbocycles. The van der Waals surface area contributed by atoms with Crippen molar-refractivity contribution in [2.24, 2.45) is 0 Å². The lowest BCUT2D eigenvalue weighted by molar-refractivity contribution is 0.244. The number of rotatable bonds is 7. The molecule has 0 N–H and O–H groups in total. The first kappa shape index (κ1) is 17.4. The van der Waals surface area contributed by atoms with Gasteiger partial charge in [-0.05, 0) is 53.8 Å². The summed E-state index contributed by atoms with van der Waals surface area (Å²) in [7, 11) is 3.75. The van der Waals surface area contributed by atoms with Gasteiger partial charge in [0, 0.05) is 13.1 Å². The molecule has 25 heavy (non-hydrogen) atoms. The van der Waals surface area contributed by atoms with Crippen LogP contribution in [0.15, 0.2) is 55.4 Å². The predicted molar refractivity (Wildman–Crippen MR) is 103 cm³/mol. The van der Waals surface area contributed by atoms with Crippen molar-refractivity contribution >= 4 is 23.0 Å². The van der Waals surface area contributed by atoms with Crippen LogP contribution in [0.1, 0.15) is 5.56 Å². The van der Waals surface area contributed by atoms with Gasteiger partial charge in [-0.2, -0.15) is 5.10 Å². The molecule has 0 fully saturated rings. The Labute approximate surface area is 152 Å². The molecular formula is C19H22N4OS. The summed E-state index contributed by atoms with van der Waals surface area (Å²) in [6, 6.07) is 12.6. The van der Waals surface area contributed by atoms with E-state index in [1.165, 1.54) is 16.3 Å². The van der Waals surface area contributed by atoms with Crippen molar-refractivity contribution < 1.29 is 4.74 Å². The van der Waals surface area contributed by atoms with Crippen molar-refractivity contribution in [1.82, 2.24) is 19.2 Å². The van der Waals surface area contributed by atoms with Crippen LogP contribution in [0.2, 0.25) is 0 Å². The third-order valence-electron chi connectivity index (χ3n) is 4.06. The van der Waals surface area contributed by atoms with Crippen molar-refractivity contribution in [3.63, 3.8) is 0 Å². The van der Waals surface area contributed by atoms with Crippen LogP contribution >= 0.6 is 12.2 Å². The lowest BCUT2D eigenvalue weighted by Gasteiger charge is -2.17. The predicted octanol–water partition coefficient (Wildman–Crippen LogP) is 3.85. The van der Waals surface area contributed by atoms with Crippen LogP contribution < -0.4 is 4.74 Å². The van der Waals surface area contributed by atoms with E-state index in [4.69, 9.17) is 17.0 Å². The molecule has 2 aromatic carbocycles. The van der Waals surface area contributed by atoms with Crippen molar-refractivity contribution in [1.29, 1.82) is 0 Å². The summed E-state index contributed by atoms with van der Waals surface area (Å²) in [5.74, 6) is 0.877. The number of fused-ring (bicyclic) bond motifs is 1. The summed E-state index contributed by atoms with van der Waals surface area (Å²) < 4.78 is 9.71. The number of aromatic nitrogens is 3. The number of hydrogen-bond acceptors (Lipinski definition) is 4. The van der Waals surface area contributed by atoms with Gasteiger partial charge >= 0.3 is 0 Å². The third kappa shape index (κ3) is 3.97. The van der Waals surface area contributed by atoms with Gasteiger partial charge in [0.25, 0.3) is 0 Å². The summed E-state index contributed by atoms with van der Waals surface area (Å²) in [6.45, 7) is 5.87. The Morgan fingerprint density at radius 2 is 2.00 bits per heavy atom. The summed E-state index contributed by atoms with van der Waals surface area (Å²) in [4.78, 5) is 2.19. The molecule has 0 saturated heterocycles. The zero-order valence-electron chi connectivity index (χ0n) is 14.6. The minimum absolute atomic E-state index is 0.642. The van der Waals surface area contributed by atoms with E-state index in [1.54, 1.807) is 13.4 Å². The van der Waals surface area contributed by atoms with Gasteiger partial charge in [0.15, 0.2) is 4.77 Å². The molecule has 1 aromatic heterocycles. The summed E-state index contributed by atoms with van der Waals surface area (Å²) in [6.07, 6.45) is 3.57. The van der Waals surface area contributed by atoms with Gasteiger partial charge in [-0.3, -0.25) is 4.90 Å². The Kier molecular flexibility index (Phi) is 5.31. The second-order valence-electron chi connectivity index (χ2n) is 6.06. The molecule has 1 heterocycles. The Morgan fingerprint density at radius 3 is 2.76 bits per heavy atom. The fourth-order valence-corrected chi connectivity index (χ4v) is 3.05. The standard InChI is InChI=1S/C19H22N4OS/c1-4-9-22-13-20-23(19(22)25)14-21(2)12-15-5-6-17-11-18(24-3)8-7-16(17)10-15/h4-8,10-11,13H,1,9,12,14H2,2-3H3. The van der Waals surface area contributed by atoms with Crippen molar-refractivity contribution in [2.45, 2.75) is 19.8 Å². The maximum atomic E-state index is 5.44. The highest BCUT2D eigenvalue weighted by atomic mass is 32.1. The van der Waals surface area contributed by atoms with Gasteiger partial charge in [-0.15, -0.1) is 6.58 Å². The molecule has 3 rings (SSSR count). The van der Waals surface area contributed by atoms with Crippen LogP contribution in [0.4, 0.5) is 0 Å². The lowest BCUT2D eigenvalue weighted by atomic mass is 10.1. The number of benzene rings is 2. The van der Waals surface area contributed by atoms with E-state index in [0.29, 0.717) is 18.0 Å². The molecular weight excluding hydrogens is 332 g/mol. The van der Waals surface area contributed by atoms with Gasteiger partial charge in [0.2, 0.25) is 0 Å². The van der Waals surface area contributed by atoms with Crippen molar-refractivity contribution in [3.05, 3.63) is 65.7 Å². The van der Waals surface area contributed by atoms with E-state index in [0.717, 1.165) is 12.3 Å². The average molecular weight is 354 g/mol. The minimum atomic E-state index is 0.642. The molecule has 0 unspecified atom stereocenters. The van der Waals surface area contributed by atoms with Crippen LogP contribution in [0.25, 0.3) is 10.8 Å². The molecule has 0 radical (unpaired) electrons. The molecule has 0 bridgehead atoms. The number of hydrogen-bond donors (Lipinski definition) is 0. The third-order valence-corrected chi connectivity index (χ3v) is 4.51. The highest BCUT2D eigenvalue weighted by Crippen LogP contribution is 2.22. The molecule has 0 spiro atoms. The van der Waals surface area contributed by atoms with E-state index >= 15 is 0 Å². The molecule has 0 atom stereocenters. The first-order valence-corrected chi connectivity index (χ1v) is 8.50. The SMILES string of the molecule is C=CCn1cnn(CN(C)Cc2ccc3cc(OC)ccc3c2)c1=S. The lowest BCUT2D eigenvalue weighted by Crippen LogP contribution is -2.22. The summed E-state index contributed by atoms with van der Waals surface area (Å²) >= 11 is 5.44. The number of allylic oxidation sites excluding steroid dienone is 1. The zero-order valence-corrected chi connectivity index (χ0v) is 15.4. The van der Waals surface area contributed by atoms with E-state index < -0.39 is 0 Å². The van der Waals surface area contributed by atoms with E-state index in [1.807, 2.05) is 21.4 Å². The second kappa shape index (κ2) is 7.63. The molecule has 5 nitrogen and oxygen atoms in total. The number of methoxy groups -OCH3 is 1. The smallest absolute Gasteiger partial charge is 0.199 e. The zero-order chi connectivity index (χ0) is 17.8. The van der Waals surface area contributed by atoms with E-state index in [-0.39, 0.29) is 0 Å². The van der Waals surface area contributed by atoms with E-state index in [9.17, 15) is 0 Å². The molecule has 0 aliphatic heterocycles. The summed E-state index contributed by atoms with van der Waals surface area (Å²) in [5.41, 5.74) is 1.25. The Hall–Kier alpha value is -2.44. The Morgan fingerprint density at radius 1 is 1.24 bits per heavy atom. The first-order chi connectivity index (χ1) is 12.1. The monoisotopic (exact) mass is 354 g/mol. The molecule has 6 heteroatoms. The fraction of sp³-hybridized carbons (Fsp3) is 0.263. The first-order valence-electron chi connectivity index (χ1n) is 8.09. The van der Waals surface area contributed by atoms with Crippen LogP contribution in [0.5, 0.6) is 5.75 Å². The number of ether oxygens (including phenoxy) is 1. The Bertz CT molecular complexity index is 944. The molecule has 0 aliphatic rings. The number of nitrogens with zero attached hydrogens (tertiary/aromatic N) is 4. The molecule has 3 aromatic rings. The second-order valence-corrected chi connectivity index (χ2v) is 6.42. The van der Waals surface area contributed by atoms with Gasteiger partial charge in [-0.1, -0.05) is 24.3 Å². The van der Waals surface area contributed by atoms with Crippen LogP contribution in [0.3, 0.4) is 0 Å². The topological polar surface area (TPSA) is 35.2 Å². The highest BCUT2D eigenvalue weighted by molar-refractivity contribution is 7.71. The van der Waals surface area contributed by atoms with Crippen molar-refractivity contribution in [3.8, 4) is 5.75 Å². The van der Waals surface area contributed by atoms with Crippen molar-refractivity contribution in [2.75, 3.05) is 14.2 Å². The van der Waals surface area contributed by atoms with Gasteiger partial charge < -0.3 is 9.30 Å². The normalized spacial score (nSPS) is 11.2. The van der Waals surface area contributed by atoms with Crippen LogP contribution in [-0.2, 0) is 19.8 Å². The molecule has 130 valence electrons. The van der Waals surface area contributed by atoms with E-state index in [2.05, 4.69) is 54.0 Å². The summed E-state index contributed by atoms with van der Waals surface area (Å²) in [5, 5.41) is 6.74. The maximum Gasteiger partial charge on any atom is 0.199 e. The van der Waals surface area contributed by atoms with Crippen LogP contribution in [-0.4, -0.2) is 33.4 Å². The fourth-order valence-electron chi connectivity index (χ4n) is 2.82. The highest BCUT2D eigenvalue weighted by Gasteiger charge is 2.06. The quantitative estimate of drug-likeness (QED) is 0.477. The molecule has 0 amide bonds. The van der Waals surface area contributed by atoms with Crippen LogP contribution in [0, 0.1) is 4.77 Å². The largest absolute Gasteiger partial charge is 0.497 e. The average Bonchev–Trinajstić information content (AvgIpc) is 2.95. The molecule has 0 aliphatic carbocycles.